The standard InChI is InChI=1S/C15H19BrO4/c1-4-20-14(18)15(2,3)13(17)10-19-9-11-6-5-7-12(16)8-11/h5-8H,4,9-10H2,1-3H3. The first-order valence-electron chi connectivity index (χ1n) is 6.40. The van der Waals surface area contributed by atoms with Crippen LogP contribution in [-0.2, 0) is 25.7 Å². The van der Waals surface area contributed by atoms with Crippen LogP contribution >= 0.6 is 15.9 Å². The Hall–Kier alpha value is -1.20. The van der Waals surface area contributed by atoms with Crippen molar-refractivity contribution in [1.29, 1.82) is 0 Å². The first kappa shape index (κ1) is 16.9. The van der Waals surface area contributed by atoms with Crippen molar-refractivity contribution in [3.8, 4) is 0 Å². The number of halogens is 1. The average molecular weight is 343 g/mol. The minimum absolute atomic E-state index is 0.113. The van der Waals surface area contributed by atoms with E-state index in [1.165, 1.54) is 0 Å². The van der Waals surface area contributed by atoms with E-state index in [-0.39, 0.29) is 19.0 Å². The number of hydrogen-bond donors (Lipinski definition) is 0. The zero-order chi connectivity index (χ0) is 15.2. The van der Waals surface area contributed by atoms with E-state index in [9.17, 15) is 9.59 Å². The predicted molar refractivity (Wildman–Crippen MR) is 79.2 cm³/mol. The van der Waals surface area contributed by atoms with Gasteiger partial charge >= 0.3 is 5.97 Å². The second-order valence-electron chi connectivity index (χ2n) is 4.89. The molecule has 0 aromatic heterocycles. The van der Waals surface area contributed by atoms with Crippen LogP contribution in [0.5, 0.6) is 0 Å². The molecule has 0 amide bonds. The lowest BCUT2D eigenvalue weighted by atomic mass is 9.88. The van der Waals surface area contributed by atoms with Gasteiger partial charge in [-0.25, -0.2) is 0 Å². The van der Waals surface area contributed by atoms with Gasteiger partial charge in [0.05, 0.1) is 13.2 Å². The molecule has 1 aromatic carbocycles. The first-order chi connectivity index (χ1) is 9.37. The Bertz CT molecular complexity index is 483. The fraction of sp³-hybridized carbons (Fsp3) is 0.467. The number of Topliss-reactive ketones (excluding diaryl/α,β-unsaturated/α-hetero) is 1. The van der Waals surface area contributed by atoms with Crippen molar-refractivity contribution in [3.63, 3.8) is 0 Å². The largest absolute Gasteiger partial charge is 0.465 e. The zero-order valence-electron chi connectivity index (χ0n) is 11.9. The van der Waals surface area contributed by atoms with Gasteiger partial charge in [0.15, 0.2) is 5.78 Å². The van der Waals surface area contributed by atoms with Crippen LogP contribution in [0.1, 0.15) is 26.3 Å². The van der Waals surface area contributed by atoms with E-state index in [2.05, 4.69) is 15.9 Å². The van der Waals surface area contributed by atoms with Crippen LogP contribution in [0, 0.1) is 5.41 Å². The highest BCUT2D eigenvalue weighted by Crippen LogP contribution is 2.19. The van der Waals surface area contributed by atoms with E-state index < -0.39 is 11.4 Å². The van der Waals surface area contributed by atoms with Crippen LogP contribution in [0.4, 0.5) is 0 Å². The van der Waals surface area contributed by atoms with Gasteiger partial charge in [-0.2, -0.15) is 0 Å². The quantitative estimate of drug-likeness (QED) is 0.564. The lowest BCUT2D eigenvalue weighted by Crippen LogP contribution is -2.37. The number of carbonyl (C=O) groups excluding carboxylic acids is 2. The minimum Gasteiger partial charge on any atom is -0.465 e. The molecule has 1 aromatic rings. The number of ether oxygens (including phenoxy) is 2. The van der Waals surface area contributed by atoms with Gasteiger partial charge in [0.25, 0.3) is 0 Å². The van der Waals surface area contributed by atoms with Gasteiger partial charge in [0.2, 0.25) is 0 Å². The van der Waals surface area contributed by atoms with Gasteiger partial charge in [-0.15, -0.1) is 0 Å². The van der Waals surface area contributed by atoms with Crippen LogP contribution < -0.4 is 0 Å². The van der Waals surface area contributed by atoms with E-state index >= 15 is 0 Å². The molecule has 0 spiro atoms. The minimum atomic E-state index is -1.17. The smallest absolute Gasteiger partial charge is 0.319 e. The van der Waals surface area contributed by atoms with Crippen LogP contribution in [0.15, 0.2) is 28.7 Å². The van der Waals surface area contributed by atoms with Crippen molar-refractivity contribution >= 4 is 27.7 Å². The zero-order valence-corrected chi connectivity index (χ0v) is 13.5. The lowest BCUT2D eigenvalue weighted by Gasteiger charge is -2.20. The molecule has 0 aliphatic rings. The second-order valence-corrected chi connectivity index (χ2v) is 5.81. The van der Waals surface area contributed by atoms with E-state index in [4.69, 9.17) is 9.47 Å². The maximum atomic E-state index is 12.0. The molecule has 0 aliphatic heterocycles. The maximum Gasteiger partial charge on any atom is 0.319 e. The van der Waals surface area contributed by atoms with Crippen LogP contribution in [0.3, 0.4) is 0 Å². The van der Waals surface area contributed by atoms with Gasteiger partial charge in [-0.1, -0.05) is 28.1 Å². The predicted octanol–water partition coefficient (Wildman–Crippen LogP) is 3.12. The summed E-state index contributed by atoms with van der Waals surface area (Å²) in [6.45, 7) is 5.28. The molecule has 1 rings (SSSR count). The molecule has 0 N–H and O–H groups in total. The lowest BCUT2D eigenvalue weighted by molar-refractivity contribution is -0.159. The van der Waals surface area contributed by atoms with Gasteiger partial charge in [-0.3, -0.25) is 9.59 Å². The van der Waals surface area contributed by atoms with Crippen molar-refractivity contribution in [2.75, 3.05) is 13.2 Å². The maximum absolute atomic E-state index is 12.0. The highest BCUT2D eigenvalue weighted by atomic mass is 79.9. The molecule has 0 saturated carbocycles. The second kappa shape index (κ2) is 7.55. The Morgan fingerprint density at radius 3 is 2.60 bits per heavy atom. The summed E-state index contributed by atoms with van der Waals surface area (Å²) in [6.07, 6.45) is 0. The Morgan fingerprint density at radius 2 is 2.00 bits per heavy atom. The van der Waals surface area contributed by atoms with Crippen molar-refractivity contribution in [2.45, 2.75) is 27.4 Å². The fourth-order valence-electron chi connectivity index (χ4n) is 1.49. The molecule has 0 saturated heterocycles. The summed E-state index contributed by atoms with van der Waals surface area (Å²) in [4.78, 5) is 23.7. The molecule has 0 aliphatic carbocycles. The molecular weight excluding hydrogens is 324 g/mol. The molecule has 0 fully saturated rings. The number of esters is 1. The molecule has 0 radical (unpaired) electrons. The summed E-state index contributed by atoms with van der Waals surface area (Å²) in [5.74, 6) is -0.804. The average Bonchev–Trinajstić information content (AvgIpc) is 2.38. The van der Waals surface area contributed by atoms with Crippen molar-refractivity contribution in [3.05, 3.63) is 34.3 Å². The van der Waals surface area contributed by atoms with E-state index in [1.54, 1.807) is 20.8 Å². The molecule has 0 heterocycles. The van der Waals surface area contributed by atoms with Crippen molar-refractivity contribution in [2.24, 2.45) is 5.41 Å². The van der Waals surface area contributed by atoms with Gasteiger partial charge < -0.3 is 9.47 Å². The summed E-state index contributed by atoms with van der Waals surface area (Å²) in [7, 11) is 0. The fourth-order valence-corrected chi connectivity index (χ4v) is 1.94. The Labute approximate surface area is 127 Å². The molecule has 0 atom stereocenters. The number of hydrogen-bond acceptors (Lipinski definition) is 4. The highest BCUT2D eigenvalue weighted by Gasteiger charge is 2.37. The molecule has 0 unspecified atom stereocenters. The molecular formula is C15H19BrO4. The summed E-state index contributed by atoms with van der Waals surface area (Å²) < 4.78 is 11.2. The number of ketones is 1. The summed E-state index contributed by atoms with van der Waals surface area (Å²) in [5.41, 5.74) is -0.214. The third-order valence-corrected chi connectivity index (χ3v) is 3.37. The van der Waals surface area contributed by atoms with Crippen LogP contribution in [0.2, 0.25) is 0 Å². The molecule has 0 bridgehead atoms. The van der Waals surface area contributed by atoms with Gasteiger partial charge in [-0.05, 0) is 38.5 Å². The van der Waals surface area contributed by atoms with E-state index in [1.807, 2.05) is 24.3 Å². The summed E-state index contributed by atoms with van der Waals surface area (Å²) in [5, 5.41) is 0. The first-order valence-corrected chi connectivity index (χ1v) is 7.20. The third kappa shape index (κ3) is 4.72. The molecule has 4 nitrogen and oxygen atoms in total. The number of benzene rings is 1. The van der Waals surface area contributed by atoms with E-state index in [0.29, 0.717) is 6.61 Å². The van der Waals surface area contributed by atoms with Crippen LogP contribution in [0.25, 0.3) is 0 Å². The highest BCUT2D eigenvalue weighted by molar-refractivity contribution is 9.10. The normalized spacial score (nSPS) is 11.2. The number of rotatable bonds is 7. The Morgan fingerprint density at radius 1 is 1.30 bits per heavy atom. The van der Waals surface area contributed by atoms with Crippen LogP contribution in [-0.4, -0.2) is 25.0 Å². The monoisotopic (exact) mass is 342 g/mol. The van der Waals surface area contributed by atoms with Gasteiger partial charge in [0.1, 0.15) is 12.0 Å². The third-order valence-electron chi connectivity index (χ3n) is 2.87. The van der Waals surface area contributed by atoms with Gasteiger partial charge in [0, 0.05) is 4.47 Å². The Balaban J connectivity index is 2.49. The Kier molecular flexibility index (Phi) is 6.36. The SMILES string of the molecule is CCOC(=O)C(C)(C)C(=O)COCc1cccc(Br)c1. The van der Waals surface area contributed by atoms with Crippen molar-refractivity contribution in [1.82, 2.24) is 0 Å². The topological polar surface area (TPSA) is 52.6 Å². The molecule has 5 heteroatoms. The molecule has 20 heavy (non-hydrogen) atoms. The summed E-state index contributed by atoms with van der Waals surface area (Å²) >= 11 is 3.37. The number of carbonyl (C=O) groups is 2. The van der Waals surface area contributed by atoms with E-state index in [0.717, 1.165) is 10.0 Å². The summed E-state index contributed by atoms with van der Waals surface area (Å²) in [6, 6.07) is 7.64. The molecule has 110 valence electrons. The van der Waals surface area contributed by atoms with Crippen molar-refractivity contribution < 1.29 is 19.1 Å².